The molecule has 0 N–H and O–H groups in total. The Hall–Kier alpha value is 0. The third-order valence-corrected chi connectivity index (χ3v) is 12.1. The summed E-state index contributed by atoms with van der Waals surface area (Å²) in [5, 5.41) is 0. The fraction of sp³-hybridized carbons (Fsp3) is 1.00. The highest BCUT2D eigenvalue weighted by molar-refractivity contribution is 4.95. The average molecular weight is 479 g/mol. The molecule has 0 aromatic rings. The first-order valence-corrected chi connectivity index (χ1v) is 15.6. The van der Waals surface area contributed by atoms with Gasteiger partial charge in [-0.25, -0.2) is 0 Å². The van der Waals surface area contributed by atoms with Crippen LogP contribution in [0.3, 0.4) is 0 Å². The summed E-state index contributed by atoms with van der Waals surface area (Å²) >= 11 is 0. The van der Waals surface area contributed by atoms with E-state index >= 15 is 0 Å². The Kier molecular flexibility index (Phi) is 14.7. The van der Waals surface area contributed by atoms with Crippen LogP contribution in [-0.4, -0.2) is 0 Å². The van der Waals surface area contributed by atoms with Gasteiger partial charge in [0.15, 0.2) is 0 Å². The van der Waals surface area contributed by atoms with E-state index in [1.54, 1.807) is 0 Å². The molecule has 0 rings (SSSR count). The second-order valence-corrected chi connectivity index (χ2v) is 14.0. The van der Waals surface area contributed by atoms with E-state index in [2.05, 4.69) is 111 Å². The van der Waals surface area contributed by atoms with E-state index in [1.165, 1.54) is 38.5 Å². The van der Waals surface area contributed by atoms with E-state index in [4.69, 9.17) is 0 Å². The van der Waals surface area contributed by atoms with Crippen molar-refractivity contribution < 1.29 is 0 Å². The molecule has 0 fully saturated rings. The first-order chi connectivity index (χ1) is 15.6. The van der Waals surface area contributed by atoms with Crippen LogP contribution in [0.25, 0.3) is 0 Å². The van der Waals surface area contributed by atoms with E-state index < -0.39 is 0 Å². The molecular weight excluding hydrogens is 408 g/mol. The van der Waals surface area contributed by atoms with Gasteiger partial charge in [0, 0.05) is 0 Å². The van der Waals surface area contributed by atoms with Crippen molar-refractivity contribution in [1.29, 1.82) is 0 Å². The lowest BCUT2D eigenvalue weighted by atomic mass is 9.53. The summed E-state index contributed by atoms with van der Waals surface area (Å²) in [5.41, 5.74) is 0.695. The first-order valence-electron chi connectivity index (χ1n) is 15.6. The van der Waals surface area contributed by atoms with Gasteiger partial charge in [-0.3, -0.25) is 0 Å². The summed E-state index contributed by atoms with van der Waals surface area (Å²) in [5.74, 6) is 8.01. The van der Waals surface area contributed by atoms with E-state index in [1.807, 2.05) is 0 Å². The van der Waals surface area contributed by atoms with Gasteiger partial charge in [0.25, 0.3) is 0 Å². The molecule has 0 bridgehead atoms. The lowest BCUT2D eigenvalue weighted by Gasteiger charge is -2.52. The molecule has 0 saturated carbocycles. The minimum Gasteiger partial charge on any atom is -0.0651 e. The van der Waals surface area contributed by atoms with Crippen molar-refractivity contribution in [3.8, 4) is 0 Å². The molecule has 0 aliphatic rings. The quantitative estimate of drug-likeness (QED) is 0.207. The van der Waals surface area contributed by atoms with Gasteiger partial charge in [-0.15, -0.1) is 0 Å². The zero-order valence-corrected chi connectivity index (χ0v) is 27.0. The molecule has 0 amide bonds. The predicted octanol–water partition coefficient (Wildman–Crippen LogP) is 11.8. The SMILES string of the molecule is CCC(C)C(CC)C(C)C(CC)C(C)C(C(C)CC)C(CC)C(C)C(C)C(C)(CC)C(C)(C)C. The van der Waals surface area contributed by atoms with E-state index in [0.717, 1.165) is 59.2 Å². The maximum Gasteiger partial charge on any atom is -0.0252 e. The van der Waals surface area contributed by atoms with Gasteiger partial charge >= 0.3 is 0 Å². The lowest BCUT2D eigenvalue weighted by Crippen LogP contribution is -2.45. The highest BCUT2D eigenvalue weighted by Crippen LogP contribution is 2.54. The number of rotatable bonds is 16. The Morgan fingerprint density at radius 1 is 0.471 bits per heavy atom. The molecule has 0 heteroatoms. The van der Waals surface area contributed by atoms with Gasteiger partial charge in [0.05, 0.1) is 0 Å². The summed E-state index contributed by atoms with van der Waals surface area (Å²) < 4.78 is 0. The zero-order chi connectivity index (χ0) is 27.0. The highest BCUT2D eigenvalue weighted by Gasteiger charge is 2.46. The third-order valence-electron chi connectivity index (χ3n) is 12.1. The van der Waals surface area contributed by atoms with Crippen LogP contribution in [-0.2, 0) is 0 Å². The Balaban J connectivity index is 6.31. The van der Waals surface area contributed by atoms with Crippen molar-refractivity contribution in [1.82, 2.24) is 0 Å². The van der Waals surface area contributed by atoms with Crippen LogP contribution in [0.15, 0.2) is 0 Å². The molecule has 0 spiro atoms. The van der Waals surface area contributed by atoms with Crippen LogP contribution in [0.2, 0.25) is 0 Å². The molecule has 0 aliphatic heterocycles. The van der Waals surface area contributed by atoms with Crippen molar-refractivity contribution in [3.05, 3.63) is 0 Å². The van der Waals surface area contributed by atoms with Crippen molar-refractivity contribution >= 4 is 0 Å². The molecule has 0 aromatic carbocycles. The van der Waals surface area contributed by atoms with Crippen LogP contribution in [0, 0.1) is 70.0 Å². The largest absolute Gasteiger partial charge is 0.0651 e. The van der Waals surface area contributed by atoms with Gasteiger partial charge in [-0.1, -0.05) is 143 Å². The molecule has 0 nitrogen and oxygen atoms in total. The number of hydrogen-bond acceptors (Lipinski definition) is 0. The van der Waals surface area contributed by atoms with Gasteiger partial charge in [-0.05, 0) is 76.4 Å². The second-order valence-electron chi connectivity index (χ2n) is 14.0. The van der Waals surface area contributed by atoms with Gasteiger partial charge in [0.1, 0.15) is 0 Å². The fourth-order valence-corrected chi connectivity index (χ4v) is 8.50. The molecular formula is C34H70. The molecule has 0 radical (unpaired) electrons. The minimum absolute atomic E-state index is 0.330. The summed E-state index contributed by atoms with van der Waals surface area (Å²) in [6, 6.07) is 0. The summed E-state index contributed by atoms with van der Waals surface area (Å²) in [4.78, 5) is 0. The molecule has 206 valence electrons. The molecule has 0 saturated heterocycles. The van der Waals surface area contributed by atoms with Gasteiger partial charge < -0.3 is 0 Å². The topological polar surface area (TPSA) is 0 Å². The Labute approximate surface area is 219 Å². The summed E-state index contributed by atoms with van der Waals surface area (Å²) in [6.07, 6.45) is 7.88. The monoisotopic (exact) mass is 479 g/mol. The van der Waals surface area contributed by atoms with Crippen LogP contribution in [0.5, 0.6) is 0 Å². The molecule has 0 heterocycles. The van der Waals surface area contributed by atoms with Crippen molar-refractivity contribution in [3.63, 3.8) is 0 Å². The Morgan fingerprint density at radius 3 is 1.24 bits per heavy atom. The first kappa shape index (κ1) is 34.0. The lowest BCUT2D eigenvalue weighted by molar-refractivity contribution is -0.0352. The highest BCUT2D eigenvalue weighted by atomic mass is 14.5. The summed E-state index contributed by atoms with van der Waals surface area (Å²) in [6.45, 7) is 40.3. The normalized spacial score (nSPS) is 23.6. The van der Waals surface area contributed by atoms with E-state index in [-0.39, 0.29) is 0 Å². The smallest absolute Gasteiger partial charge is 0.0252 e. The number of hydrogen-bond donors (Lipinski definition) is 0. The van der Waals surface area contributed by atoms with Gasteiger partial charge in [0.2, 0.25) is 0 Å². The molecule has 11 unspecified atom stereocenters. The molecule has 0 aliphatic carbocycles. The van der Waals surface area contributed by atoms with Crippen molar-refractivity contribution in [2.24, 2.45) is 70.0 Å². The average Bonchev–Trinajstić information content (AvgIpc) is 2.80. The Bertz CT molecular complexity index is 527. The summed E-state index contributed by atoms with van der Waals surface area (Å²) in [7, 11) is 0. The third kappa shape index (κ3) is 7.51. The molecule has 11 atom stereocenters. The maximum absolute atomic E-state index is 2.66. The Morgan fingerprint density at radius 2 is 0.912 bits per heavy atom. The van der Waals surface area contributed by atoms with E-state index in [9.17, 15) is 0 Å². The molecule has 0 aromatic heterocycles. The van der Waals surface area contributed by atoms with Crippen LogP contribution in [0.4, 0.5) is 0 Å². The fourth-order valence-electron chi connectivity index (χ4n) is 8.50. The van der Waals surface area contributed by atoms with Crippen molar-refractivity contribution in [2.75, 3.05) is 0 Å². The van der Waals surface area contributed by atoms with Crippen LogP contribution in [0.1, 0.15) is 149 Å². The maximum atomic E-state index is 2.66. The predicted molar refractivity (Wildman–Crippen MR) is 158 cm³/mol. The van der Waals surface area contributed by atoms with Crippen LogP contribution >= 0.6 is 0 Å². The van der Waals surface area contributed by atoms with Crippen LogP contribution < -0.4 is 0 Å². The van der Waals surface area contributed by atoms with E-state index in [0.29, 0.717) is 10.8 Å². The second kappa shape index (κ2) is 14.7. The minimum atomic E-state index is 0.330. The van der Waals surface area contributed by atoms with Gasteiger partial charge in [-0.2, -0.15) is 0 Å². The molecule has 34 heavy (non-hydrogen) atoms. The standard InChI is InChI=1S/C34H70/c1-17-23(7)29(19-3)26(10)30(20-4)27(11)32(24(8)18-2)31(21-5)25(9)28(12)34(16,22-6)33(13,14)15/h23-32H,17-22H2,1-16H3. The zero-order valence-electron chi connectivity index (χ0n) is 27.0. The van der Waals surface area contributed by atoms with Crippen molar-refractivity contribution in [2.45, 2.75) is 149 Å².